The Morgan fingerprint density at radius 1 is 1.15 bits per heavy atom. The van der Waals surface area contributed by atoms with Crippen LogP contribution in [0.5, 0.6) is 5.75 Å². The van der Waals surface area contributed by atoms with Crippen LogP contribution in [0.1, 0.15) is 66.1 Å². The molecule has 0 bridgehead atoms. The van der Waals surface area contributed by atoms with E-state index in [1.807, 2.05) is 43.3 Å². The van der Waals surface area contributed by atoms with Crippen LogP contribution in [0.2, 0.25) is 0 Å². The smallest absolute Gasteiger partial charge is 0.251 e. The third-order valence-electron chi connectivity index (χ3n) is 6.31. The number of anilines is 2. The molecule has 1 heterocycles. The van der Waals surface area contributed by atoms with E-state index in [1.54, 1.807) is 11.3 Å². The van der Waals surface area contributed by atoms with Crippen LogP contribution in [-0.4, -0.2) is 28.6 Å². The Kier molecular flexibility index (Phi) is 6.33. The summed E-state index contributed by atoms with van der Waals surface area (Å²) in [4.78, 5) is 18.0. The van der Waals surface area contributed by atoms with E-state index >= 15 is 0 Å². The van der Waals surface area contributed by atoms with Crippen molar-refractivity contribution in [1.29, 1.82) is 0 Å². The van der Waals surface area contributed by atoms with Gasteiger partial charge in [0.25, 0.3) is 5.91 Å². The molecule has 1 fully saturated rings. The molecule has 2 aromatic carbocycles. The quantitative estimate of drug-likeness (QED) is 0.425. The average molecular weight is 464 g/mol. The summed E-state index contributed by atoms with van der Waals surface area (Å²) < 4.78 is 6.46. The number of nitrogens with one attached hydrogen (secondary N) is 2. The predicted octanol–water partition coefficient (Wildman–Crippen LogP) is 5.60. The summed E-state index contributed by atoms with van der Waals surface area (Å²) in [5.41, 5.74) is 4.30. The summed E-state index contributed by atoms with van der Waals surface area (Å²) in [6.07, 6.45) is 5.78. The lowest BCUT2D eigenvalue weighted by Gasteiger charge is -2.29. The fourth-order valence-corrected chi connectivity index (χ4v) is 5.34. The highest BCUT2D eigenvalue weighted by molar-refractivity contribution is 7.15. The molecule has 0 saturated heterocycles. The minimum absolute atomic E-state index is 0.0691. The van der Waals surface area contributed by atoms with Gasteiger partial charge < -0.3 is 20.5 Å². The Bertz CT molecular complexity index is 1140. The summed E-state index contributed by atoms with van der Waals surface area (Å²) in [6.45, 7) is 2.51. The monoisotopic (exact) mass is 463 g/mol. The lowest BCUT2D eigenvalue weighted by atomic mass is 9.95. The van der Waals surface area contributed by atoms with Crippen molar-refractivity contribution in [3.05, 3.63) is 58.6 Å². The number of aromatic nitrogens is 1. The lowest BCUT2D eigenvalue weighted by Crippen LogP contribution is -2.25. The molecule has 5 rings (SSSR count). The van der Waals surface area contributed by atoms with Gasteiger partial charge in [-0.2, -0.15) is 0 Å². The van der Waals surface area contributed by atoms with Gasteiger partial charge in [0, 0.05) is 22.5 Å². The minimum atomic E-state index is -0.471. The van der Waals surface area contributed by atoms with Gasteiger partial charge in [0.1, 0.15) is 0 Å². The first-order valence-corrected chi connectivity index (χ1v) is 12.6. The van der Waals surface area contributed by atoms with Gasteiger partial charge >= 0.3 is 0 Å². The van der Waals surface area contributed by atoms with Crippen LogP contribution in [0.4, 0.5) is 10.8 Å². The van der Waals surface area contributed by atoms with E-state index in [1.165, 1.54) is 6.42 Å². The minimum Gasteiger partial charge on any atom is -0.488 e. The Balaban J connectivity index is 1.47. The number of aliphatic hydroxyl groups excluding tert-OH is 1. The van der Waals surface area contributed by atoms with Crippen LogP contribution in [0, 0.1) is 0 Å². The number of para-hydroxylation sites is 1. The molecule has 3 N–H and O–H groups in total. The fraction of sp³-hybridized carbons (Fsp3) is 0.385. The molecule has 1 unspecified atom stereocenters. The van der Waals surface area contributed by atoms with Crippen molar-refractivity contribution < 1.29 is 14.6 Å². The molecule has 1 atom stereocenters. The van der Waals surface area contributed by atoms with E-state index in [0.717, 1.165) is 70.4 Å². The normalized spacial score (nSPS) is 17.7. The molecule has 0 radical (unpaired) electrons. The molecule has 0 spiro atoms. The highest BCUT2D eigenvalue weighted by Crippen LogP contribution is 2.42. The fourth-order valence-electron chi connectivity index (χ4n) is 4.27. The number of thiazole rings is 1. The van der Waals surface area contributed by atoms with Crippen LogP contribution in [0.3, 0.4) is 0 Å². The van der Waals surface area contributed by atoms with E-state index in [2.05, 4.69) is 21.7 Å². The van der Waals surface area contributed by atoms with Crippen molar-refractivity contribution in [3.8, 4) is 16.9 Å². The number of benzene rings is 2. The number of carbonyl (C=O) groups is 1. The molecule has 7 heteroatoms. The van der Waals surface area contributed by atoms with Crippen LogP contribution >= 0.6 is 11.3 Å². The van der Waals surface area contributed by atoms with Crippen molar-refractivity contribution in [2.75, 3.05) is 11.9 Å². The molecule has 1 saturated carbocycles. The lowest BCUT2D eigenvalue weighted by molar-refractivity contribution is 0.0956. The van der Waals surface area contributed by atoms with Crippen LogP contribution in [0.25, 0.3) is 11.1 Å². The highest BCUT2D eigenvalue weighted by atomic mass is 32.1. The standard InChI is InChI=1S/C26H29N3O3S/c1-2-27-25(31)17-14-12-16(13-15-17)19-8-4-9-20(24(19)32-18-6-3-7-18)28-26-29-23-21(30)10-5-11-22(23)33-26/h4,8-9,12-15,18,21,30H,2-3,5-7,10-11H2,1H3,(H,27,31)(H,28,29). The highest BCUT2D eigenvalue weighted by Gasteiger charge is 2.25. The van der Waals surface area contributed by atoms with E-state index in [9.17, 15) is 9.90 Å². The second-order valence-corrected chi connectivity index (χ2v) is 9.73. The third-order valence-corrected chi connectivity index (χ3v) is 7.36. The first kappa shape index (κ1) is 21.9. The Morgan fingerprint density at radius 3 is 2.67 bits per heavy atom. The van der Waals surface area contributed by atoms with E-state index in [0.29, 0.717) is 12.1 Å². The summed E-state index contributed by atoms with van der Waals surface area (Å²) in [7, 11) is 0. The molecular formula is C26H29N3O3S. The number of hydrogen-bond acceptors (Lipinski definition) is 6. The number of amides is 1. The molecule has 3 aromatic rings. The Labute approximate surface area is 198 Å². The van der Waals surface area contributed by atoms with Gasteiger partial charge in [0.2, 0.25) is 0 Å². The van der Waals surface area contributed by atoms with Gasteiger partial charge in [-0.1, -0.05) is 24.3 Å². The van der Waals surface area contributed by atoms with Gasteiger partial charge in [-0.15, -0.1) is 11.3 Å². The summed E-state index contributed by atoms with van der Waals surface area (Å²) in [5.74, 6) is 0.738. The van der Waals surface area contributed by atoms with Crippen molar-refractivity contribution in [2.24, 2.45) is 0 Å². The van der Waals surface area contributed by atoms with E-state index in [-0.39, 0.29) is 12.0 Å². The number of rotatable bonds is 7. The first-order chi connectivity index (χ1) is 16.1. The number of aliphatic hydroxyl groups is 1. The van der Waals surface area contributed by atoms with Crippen molar-refractivity contribution in [3.63, 3.8) is 0 Å². The van der Waals surface area contributed by atoms with Crippen molar-refractivity contribution >= 4 is 28.1 Å². The average Bonchev–Trinajstić information content (AvgIpc) is 3.21. The first-order valence-electron chi connectivity index (χ1n) is 11.8. The SMILES string of the molecule is CCNC(=O)c1ccc(-c2cccc(Nc3nc4c(s3)CCCC4O)c2OC2CCC2)cc1. The topological polar surface area (TPSA) is 83.5 Å². The molecule has 6 nitrogen and oxygen atoms in total. The summed E-state index contributed by atoms with van der Waals surface area (Å²) in [6, 6.07) is 13.7. The zero-order chi connectivity index (χ0) is 22.8. The number of hydrogen-bond donors (Lipinski definition) is 3. The van der Waals surface area contributed by atoms with E-state index < -0.39 is 6.10 Å². The zero-order valence-corrected chi connectivity index (χ0v) is 19.6. The number of nitrogens with zero attached hydrogens (tertiary/aromatic N) is 1. The van der Waals surface area contributed by atoms with Crippen LogP contribution < -0.4 is 15.4 Å². The molecule has 0 aliphatic heterocycles. The van der Waals surface area contributed by atoms with Crippen molar-refractivity contribution in [1.82, 2.24) is 10.3 Å². The molecule has 172 valence electrons. The number of ether oxygens (including phenoxy) is 1. The third kappa shape index (κ3) is 4.61. The molecular weight excluding hydrogens is 434 g/mol. The molecule has 2 aliphatic rings. The summed E-state index contributed by atoms with van der Waals surface area (Å²) in [5, 5.41) is 17.4. The van der Waals surface area contributed by atoms with Crippen LogP contribution in [0.15, 0.2) is 42.5 Å². The second kappa shape index (κ2) is 9.53. The molecule has 1 aromatic heterocycles. The molecule has 2 aliphatic carbocycles. The summed E-state index contributed by atoms with van der Waals surface area (Å²) >= 11 is 1.61. The largest absolute Gasteiger partial charge is 0.488 e. The number of fused-ring (bicyclic) bond motifs is 1. The maximum Gasteiger partial charge on any atom is 0.251 e. The van der Waals surface area contributed by atoms with Crippen LogP contribution in [-0.2, 0) is 6.42 Å². The van der Waals surface area contributed by atoms with Gasteiger partial charge in [-0.05, 0) is 69.2 Å². The molecule has 1 amide bonds. The van der Waals surface area contributed by atoms with Gasteiger partial charge in [-0.3, -0.25) is 4.79 Å². The van der Waals surface area contributed by atoms with Gasteiger partial charge in [0.15, 0.2) is 10.9 Å². The Hall–Kier alpha value is -2.90. The number of carbonyl (C=O) groups excluding carboxylic acids is 1. The van der Waals surface area contributed by atoms with Gasteiger partial charge in [-0.25, -0.2) is 4.98 Å². The number of aryl methyl sites for hydroxylation is 1. The molecule has 33 heavy (non-hydrogen) atoms. The van der Waals surface area contributed by atoms with Gasteiger partial charge in [0.05, 0.1) is 23.6 Å². The second-order valence-electron chi connectivity index (χ2n) is 8.65. The zero-order valence-electron chi connectivity index (χ0n) is 18.8. The maximum atomic E-state index is 12.1. The Morgan fingerprint density at radius 2 is 1.97 bits per heavy atom. The van der Waals surface area contributed by atoms with Crippen molar-refractivity contribution in [2.45, 2.75) is 57.7 Å². The van der Waals surface area contributed by atoms with E-state index in [4.69, 9.17) is 4.74 Å². The maximum absolute atomic E-state index is 12.1. The predicted molar refractivity (Wildman–Crippen MR) is 131 cm³/mol.